The fourth-order valence-corrected chi connectivity index (χ4v) is 13.7. The molecule has 19 heteroatoms. The Hall–Kier alpha value is -1.21. The first-order valence-electron chi connectivity index (χ1n) is 38.8. The van der Waals surface area contributed by atoms with Gasteiger partial charge < -0.3 is 89.9 Å². The molecule has 12 N–H and O–H groups in total. The van der Waals surface area contributed by atoms with Crippen LogP contribution in [0.15, 0.2) is 0 Å². The van der Waals surface area contributed by atoms with Crippen LogP contribution in [0.2, 0.25) is 0 Å². The van der Waals surface area contributed by atoms with Crippen molar-refractivity contribution in [2.24, 2.45) is 0 Å². The lowest BCUT2D eigenvalue weighted by molar-refractivity contribution is -0.379. The van der Waals surface area contributed by atoms with Crippen molar-refractivity contribution in [1.29, 1.82) is 0 Å². The van der Waals surface area contributed by atoms with Gasteiger partial charge in [0.05, 0.1) is 38.6 Å². The summed E-state index contributed by atoms with van der Waals surface area (Å²) in [6, 6.07) is -0.883. The van der Waals surface area contributed by atoms with Gasteiger partial charge >= 0.3 is 0 Å². The van der Waals surface area contributed by atoms with Gasteiger partial charge in [-0.1, -0.05) is 316 Å². The Morgan fingerprint density at radius 1 is 0.344 bits per heavy atom. The number of nitrogens with one attached hydrogen (secondary N) is 1. The predicted octanol–water partition coefficient (Wildman–Crippen LogP) is 11.8. The van der Waals surface area contributed by atoms with Crippen molar-refractivity contribution in [2.45, 2.75) is 439 Å². The summed E-state index contributed by atoms with van der Waals surface area (Å²) in [4.78, 5) is 13.5. The molecule has 0 aromatic heterocycles. The van der Waals surface area contributed by atoms with Gasteiger partial charge in [0.25, 0.3) is 0 Å². The Morgan fingerprint density at radius 2 is 0.613 bits per heavy atom. The number of ether oxygens (including phenoxy) is 6. The van der Waals surface area contributed by atoms with Gasteiger partial charge in [0, 0.05) is 6.42 Å². The maximum atomic E-state index is 13.5. The van der Waals surface area contributed by atoms with Crippen LogP contribution in [-0.4, -0.2) is 193 Å². The average Bonchev–Trinajstić information content (AvgIpc) is 0.815. The minimum absolute atomic E-state index is 0.233. The monoisotopic (exact) mass is 1330 g/mol. The minimum Gasteiger partial charge on any atom is -0.394 e. The van der Waals surface area contributed by atoms with Crippen LogP contribution in [-0.2, 0) is 33.2 Å². The topological polar surface area (TPSA) is 307 Å². The highest BCUT2D eigenvalue weighted by Gasteiger charge is 2.54. The zero-order valence-corrected chi connectivity index (χ0v) is 58.8. The molecular weight excluding hydrogens is 1190 g/mol. The summed E-state index contributed by atoms with van der Waals surface area (Å²) in [6.07, 6.45) is 36.1. The summed E-state index contributed by atoms with van der Waals surface area (Å²) in [5.41, 5.74) is 0. The fraction of sp³-hybridized carbons (Fsp3) is 0.986. The third-order valence-corrected chi connectivity index (χ3v) is 19.9. The van der Waals surface area contributed by atoms with E-state index in [0.717, 1.165) is 44.9 Å². The number of rotatable bonds is 62. The molecule has 0 aromatic rings. The van der Waals surface area contributed by atoms with Gasteiger partial charge in [-0.05, 0) is 12.8 Å². The Labute approximate surface area is 563 Å². The number of unbranched alkanes of at least 4 members (excludes halogenated alkanes) is 46. The fourth-order valence-electron chi connectivity index (χ4n) is 13.7. The molecule has 0 bridgehead atoms. The number of carbonyl (C=O) groups is 1. The van der Waals surface area contributed by atoms with Gasteiger partial charge in [0.1, 0.15) is 73.2 Å². The molecule has 0 radical (unpaired) electrons. The van der Waals surface area contributed by atoms with E-state index in [1.165, 1.54) is 257 Å². The van der Waals surface area contributed by atoms with Crippen molar-refractivity contribution in [3.05, 3.63) is 0 Å². The summed E-state index contributed by atoms with van der Waals surface area (Å²) in [6.45, 7) is 1.87. The largest absolute Gasteiger partial charge is 0.394 e. The van der Waals surface area contributed by atoms with Gasteiger partial charge in [-0.2, -0.15) is 0 Å². The Balaban J connectivity index is 1.39. The van der Waals surface area contributed by atoms with E-state index in [-0.39, 0.29) is 18.9 Å². The van der Waals surface area contributed by atoms with E-state index < -0.39 is 124 Å². The second kappa shape index (κ2) is 56.5. The molecule has 3 rings (SSSR count). The van der Waals surface area contributed by atoms with Crippen molar-refractivity contribution in [1.82, 2.24) is 5.32 Å². The summed E-state index contributed by atoms with van der Waals surface area (Å²) < 4.78 is 34.5. The second-order valence-corrected chi connectivity index (χ2v) is 28.2. The molecule has 19 nitrogen and oxygen atoms in total. The molecular formula is C74H143NO18. The number of carbonyl (C=O) groups excluding carboxylic acids is 1. The van der Waals surface area contributed by atoms with E-state index >= 15 is 0 Å². The highest BCUT2D eigenvalue weighted by Crippen LogP contribution is 2.33. The molecule has 0 aliphatic carbocycles. The summed E-state index contributed by atoms with van der Waals surface area (Å²) in [7, 11) is 0. The molecule has 93 heavy (non-hydrogen) atoms. The van der Waals surface area contributed by atoms with Crippen LogP contribution in [0, 0.1) is 0 Å². The first kappa shape index (κ1) is 86.0. The lowest BCUT2D eigenvalue weighted by Crippen LogP contribution is -2.66. The van der Waals surface area contributed by atoms with Crippen molar-refractivity contribution >= 4 is 5.91 Å². The zero-order chi connectivity index (χ0) is 67.5. The SMILES string of the molecule is CCCCCCCCCCCCCCCCCCCCCCCCCCC(=O)NC(COC1OC(CO)C(OC2OC(CO)C(OC3OC(CO)C(O)C(O)C3O)C(O)C2O)C(O)C1O)C(O)CCCCCCCCCCCCCCCCCCCCCCCCCC. The van der Waals surface area contributed by atoms with Gasteiger partial charge in [0.2, 0.25) is 5.91 Å². The Kier molecular flexibility index (Phi) is 52.3. The van der Waals surface area contributed by atoms with Crippen molar-refractivity contribution in [3.8, 4) is 0 Å². The van der Waals surface area contributed by atoms with Crippen LogP contribution in [0.4, 0.5) is 0 Å². The zero-order valence-electron chi connectivity index (χ0n) is 58.8. The van der Waals surface area contributed by atoms with Crippen molar-refractivity contribution in [2.75, 3.05) is 26.4 Å². The van der Waals surface area contributed by atoms with E-state index in [9.17, 15) is 61.0 Å². The van der Waals surface area contributed by atoms with Crippen LogP contribution in [0.1, 0.15) is 335 Å². The maximum absolute atomic E-state index is 13.5. The second-order valence-electron chi connectivity index (χ2n) is 28.2. The van der Waals surface area contributed by atoms with Crippen LogP contribution in [0.25, 0.3) is 0 Å². The summed E-state index contributed by atoms with van der Waals surface area (Å²) in [5, 5.41) is 121. The number of amides is 1. The van der Waals surface area contributed by atoms with Gasteiger partial charge in [-0.3, -0.25) is 4.79 Å². The molecule has 3 aliphatic heterocycles. The molecule has 3 saturated heterocycles. The van der Waals surface area contributed by atoms with E-state index in [4.69, 9.17) is 28.4 Å². The summed E-state index contributed by atoms with van der Waals surface area (Å²) >= 11 is 0. The van der Waals surface area contributed by atoms with E-state index in [2.05, 4.69) is 19.2 Å². The number of hydrogen-bond acceptors (Lipinski definition) is 18. The Bertz CT molecular complexity index is 1690. The molecule has 0 spiro atoms. The smallest absolute Gasteiger partial charge is 0.220 e. The molecule has 552 valence electrons. The van der Waals surface area contributed by atoms with Crippen LogP contribution >= 0.6 is 0 Å². The first-order chi connectivity index (χ1) is 45.3. The third-order valence-electron chi connectivity index (χ3n) is 19.9. The highest BCUT2D eigenvalue weighted by molar-refractivity contribution is 5.76. The standard InChI is InChI=1S/C74H143NO18/c1-3-5-7-9-11-13-15-17-19-21-23-25-27-29-31-33-35-37-39-41-43-45-47-49-51-58(79)57(75-62(80)52-50-48-46-44-42-40-38-36-34-32-30-28-26-24-22-20-18-16-14-12-10-8-6-4-2)56-88-72-68(86)65(83)70(60(54-77)90-72)93-74-69(87)66(84)71(61(55-78)91-74)92-73-67(85)64(82)63(81)59(53-76)89-73/h57-61,63-74,76-79,81-87H,3-56H2,1-2H3,(H,75,80). The maximum Gasteiger partial charge on any atom is 0.220 e. The highest BCUT2D eigenvalue weighted by atomic mass is 16.8. The molecule has 17 atom stereocenters. The normalized spacial score (nSPS) is 27.4. The molecule has 0 saturated carbocycles. The van der Waals surface area contributed by atoms with Gasteiger partial charge in [0.15, 0.2) is 18.9 Å². The molecule has 1 amide bonds. The van der Waals surface area contributed by atoms with E-state index in [1.54, 1.807) is 0 Å². The molecule has 3 heterocycles. The van der Waals surface area contributed by atoms with Crippen molar-refractivity contribution < 1.29 is 89.4 Å². The number of aliphatic hydroxyl groups is 11. The Morgan fingerprint density at radius 3 is 0.935 bits per heavy atom. The number of aliphatic hydroxyl groups excluding tert-OH is 11. The van der Waals surface area contributed by atoms with Crippen molar-refractivity contribution in [3.63, 3.8) is 0 Å². The first-order valence-corrected chi connectivity index (χ1v) is 38.8. The lowest BCUT2D eigenvalue weighted by Gasteiger charge is -2.48. The minimum atomic E-state index is -1.97. The lowest BCUT2D eigenvalue weighted by atomic mass is 9.96. The third kappa shape index (κ3) is 37.7. The molecule has 17 unspecified atom stereocenters. The van der Waals surface area contributed by atoms with Crippen LogP contribution in [0.3, 0.4) is 0 Å². The van der Waals surface area contributed by atoms with E-state index in [1.807, 2.05) is 0 Å². The molecule has 3 aliphatic rings. The van der Waals surface area contributed by atoms with Gasteiger partial charge in [-0.25, -0.2) is 0 Å². The molecule has 3 fully saturated rings. The van der Waals surface area contributed by atoms with Crippen LogP contribution < -0.4 is 5.32 Å². The van der Waals surface area contributed by atoms with Crippen LogP contribution in [0.5, 0.6) is 0 Å². The summed E-state index contributed by atoms with van der Waals surface area (Å²) in [5.74, 6) is -0.233. The van der Waals surface area contributed by atoms with E-state index in [0.29, 0.717) is 12.8 Å². The quantitative estimate of drug-likeness (QED) is 0.0252. The van der Waals surface area contributed by atoms with Gasteiger partial charge in [-0.15, -0.1) is 0 Å². The molecule has 0 aromatic carbocycles. The average molecular weight is 1330 g/mol. The predicted molar refractivity (Wildman–Crippen MR) is 365 cm³/mol. The number of hydrogen-bond donors (Lipinski definition) is 12.